The molecule has 2 atom stereocenters. The fourth-order valence-corrected chi connectivity index (χ4v) is 2.41. The van der Waals surface area contributed by atoms with Crippen LogP contribution in [0.25, 0.3) is 0 Å². The maximum absolute atomic E-state index is 6.13. The van der Waals surface area contributed by atoms with Gasteiger partial charge in [0.05, 0.1) is 0 Å². The van der Waals surface area contributed by atoms with Crippen LogP contribution in [0.4, 0.5) is 0 Å². The topological polar surface area (TPSA) is 52.0 Å². The Morgan fingerprint density at radius 3 is 2.79 bits per heavy atom. The van der Waals surface area contributed by atoms with Crippen LogP contribution in [-0.2, 0) is 0 Å². The van der Waals surface area contributed by atoms with E-state index in [2.05, 4.69) is 23.8 Å². The van der Waals surface area contributed by atoms with Gasteiger partial charge in [-0.3, -0.25) is 0 Å². The number of rotatable bonds is 6. The van der Waals surface area contributed by atoms with Crippen molar-refractivity contribution in [2.24, 2.45) is 11.5 Å². The SMILES string of the molecule is CCCCC(N)C(CN)c1ccsc1. The van der Waals surface area contributed by atoms with Gasteiger partial charge in [0.15, 0.2) is 0 Å². The van der Waals surface area contributed by atoms with E-state index in [1.165, 1.54) is 18.4 Å². The second-order valence-electron chi connectivity index (χ2n) is 3.70. The Balaban J connectivity index is 2.53. The maximum atomic E-state index is 6.13. The third-order valence-electron chi connectivity index (χ3n) is 2.63. The van der Waals surface area contributed by atoms with Crippen LogP contribution in [0.5, 0.6) is 0 Å². The quantitative estimate of drug-likeness (QED) is 0.760. The number of unbranched alkanes of at least 4 members (excludes halogenated alkanes) is 1. The lowest BCUT2D eigenvalue weighted by atomic mass is 9.91. The van der Waals surface area contributed by atoms with Gasteiger partial charge in [-0.2, -0.15) is 11.3 Å². The lowest BCUT2D eigenvalue weighted by Crippen LogP contribution is -2.33. The van der Waals surface area contributed by atoms with E-state index in [0.29, 0.717) is 12.5 Å². The summed E-state index contributed by atoms with van der Waals surface area (Å²) in [5, 5.41) is 4.24. The normalized spacial score (nSPS) is 15.4. The first-order valence-corrected chi connectivity index (χ1v) is 6.21. The molecule has 0 radical (unpaired) electrons. The van der Waals surface area contributed by atoms with Crippen molar-refractivity contribution in [1.29, 1.82) is 0 Å². The number of nitrogens with two attached hydrogens (primary N) is 2. The minimum absolute atomic E-state index is 0.217. The van der Waals surface area contributed by atoms with Gasteiger partial charge in [-0.1, -0.05) is 19.8 Å². The van der Waals surface area contributed by atoms with Crippen LogP contribution < -0.4 is 11.5 Å². The van der Waals surface area contributed by atoms with Gasteiger partial charge in [0.25, 0.3) is 0 Å². The van der Waals surface area contributed by atoms with Crippen molar-refractivity contribution >= 4 is 11.3 Å². The van der Waals surface area contributed by atoms with Crippen LogP contribution in [0.3, 0.4) is 0 Å². The molecule has 0 aliphatic carbocycles. The van der Waals surface area contributed by atoms with Gasteiger partial charge in [-0.25, -0.2) is 0 Å². The average molecular weight is 212 g/mol. The molecular formula is C11H20N2S. The molecule has 0 fully saturated rings. The molecule has 1 rings (SSSR count). The van der Waals surface area contributed by atoms with Crippen molar-refractivity contribution in [3.63, 3.8) is 0 Å². The summed E-state index contributed by atoms with van der Waals surface area (Å²) >= 11 is 1.71. The van der Waals surface area contributed by atoms with Crippen LogP contribution in [0, 0.1) is 0 Å². The molecular weight excluding hydrogens is 192 g/mol. The Hall–Kier alpha value is -0.380. The molecule has 0 aliphatic rings. The minimum Gasteiger partial charge on any atom is -0.330 e. The summed E-state index contributed by atoms with van der Waals surface area (Å²) in [7, 11) is 0. The summed E-state index contributed by atoms with van der Waals surface area (Å²) in [5.41, 5.74) is 13.2. The van der Waals surface area contributed by atoms with E-state index in [4.69, 9.17) is 11.5 Å². The summed E-state index contributed by atoms with van der Waals surface area (Å²) in [6.45, 7) is 2.84. The largest absolute Gasteiger partial charge is 0.330 e. The first kappa shape index (κ1) is 11.7. The van der Waals surface area contributed by atoms with E-state index in [1.54, 1.807) is 11.3 Å². The highest BCUT2D eigenvalue weighted by Crippen LogP contribution is 2.22. The van der Waals surface area contributed by atoms with Gasteiger partial charge >= 0.3 is 0 Å². The molecule has 1 aromatic rings. The van der Waals surface area contributed by atoms with E-state index >= 15 is 0 Å². The minimum atomic E-state index is 0.217. The molecule has 0 aliphatic heterocycles. The number of hydrogen-bond donors (Lipinski definition) is 2. The van der Waals surface area contributed by atoms with E-state index < -0.39 is 0 Å². The van der Waals surface area contributed by atoms with Gasteiger partial charge in [0.2, 0.25) is 0 Å². The van der Waals surface area contributed by atoms with Gasteiger partial charge in [-0.15, -0.1) is 0 Å². The molecule has 0 spiro atoms. The molecule has 0 saturated heterocycles. The predicted molar refractivity (Wildman–Crippen MR) is 63.6 cm³/mol. The van der Waals surface area contributed by atoms with Crippen LogP contribution in [0.2, 0.25) is 0 Å². The average Bonchev–Trinajstić information content (AvgIpc) is 2.69. The summed E-state index contributed by atoms with van der Waals surface area (Å²) < 4.78 is 0. The second kappa shape index (κ2) is 6.17. The van der Waals surface area contributed by atoms with E-state index in [1.807, 2.05) is 0 Å². The molecule has 0 bridgehead atoms. The Labute approximate surface area is 90.3 Å². The molecule has 1 aromatic heterocycles. The summed E-state index contributed by atoms with van der Waals surface area (Å²) in [5.74, 6) is 0.341. The van der Waals surface area contributed by atoms with Crippen LogP contribution in [-0.4, -0.2) is 12.6 Å². The van der Waals surface area contributed by atoms with Crippen LogP contribution in [0.15, 0.2) is 16.8 Å². The first-order valence-electron chi connectivity index (χ1n) is 5.27. The Bertz CT molecular complexity index is 233. The molecule has 3 heteroatoms. The van der Waals surface area contributed by atoms with Crippen LogP contribution in [0.1, 0.15) is 37.7 Å². The fourth-order valence-electron chi connectivity index (χ4n) is 1.69. The van der Waals surface area contributed by atoms with Crippen molar-refractivity contribution in [1.82, 2.24) is 0 Å². The third-order valence-corrected chi connectivity index (χ3v) is 3.33. The number of hydrogen-bond acceptors (Lipinski definition) is 3. The molecule has 0 aromatic carbocycles. The lowest BCUT2D eigenvalue weighted by Gasteiger charge is -2.21. The van der Waals surface area contributed by atoms with E-state index in [9.17, 15) is 0 Å². The third kappa shape index (κ3) is 3.08. The Morgan fingerprint density at radius 2 is 2.29 bits per heavy atom. The standard InChI is InChI=1S/C11H20N2S/c1-2-3-4-11(13)10(7-12)9-5-6-14-8-9/h5-6,8,10-11H,2-4,7,12-13H2,1H3. The smallest absolute Gasteiger partial charge is 0.0121 e. The first-order chi connectivity index (χ1) is 6.79. The zero-order valence-electron chi connectivity index (χ0n) is 8.78. The molecule has 14 heavy (non-hydrogen) atoms. The molecule has 2 nitrogen and oxygen atoms in total. The van der Waals surface area contributed by atoms with Gasteiger partial charge in [0.1, 0.15) is 0 Å². The molecule has 1 heterocycles. The predicted octanol–water partition coefficient (Wildman–Crippen LogP) is 2.31. The summed E-state index contributed by atoms with van der Waals surface area (Å²) in [6, 6.07) is 2.35. The van der Waals surface area contributed by atoms with E-state index in [-0.39, 0.29) is 6.04 Å². The van der Waals surface area contributed by atoms with E-state index in [0.717, 1.165) is 6.42 Å². The lowest BCUT2D eigenvalue weighted by molar-refractivity contribution is 0.488. The second-order valence-corrected chi connectivity index (χ2v) is 4.48. The highest BCUT2D eigenvalue weighted by Gasteiger charge is 2.17. The number of thiophene rings is 1. The molecule has 4 N–H and O–H groups in total. The van der Waals surface area contributed by atoms with Crippen molar-refractivity contribution in [2.45, 2.75) is 38.1 Å². The molecule has 0 amide bonds. The highest BCUT2D eigenvalue weighted by atomic mass is 32.1. The van der Waals surface area contributed by atoms with Crippen LogP contribution >= 0.6 is 11.3 Å². The van der Waals surface area contributed by atoms with Crippen molar-refractivity contribution < 1.29 is 0 Å². The van der Waals surface area contributed by atoms with Gasteiger partial charge in [0, 0.05) is 18.5 Å². The zero-order valence-corrected chi connectivity index (χ0v) is 9.59. The highest BCUT2D eigenvalue weighted by molar-refractivity contribution is 7.07. The van der Waals surface area contributed by atoms with Crippen molar-refractivity contribution in [3.8, 4) is 0 Å². The zero-order chi connectivity index (χ0) is 10.4. The van der Waals surface area contributed by atoms with Gasteiger partial charge in [-0.05, 0) is 28.8 Å². The Kier molecular flexibility index (Phi) is 5.15. The van der Waals surface area contributed by atoms with Crippen molar-refractivity contribution in [2.75, 3.05) is 6.54 Å². The summed E-state index contributed by atoms with van der Waals surface area (Å²) in [4.78, 5) is 0. The monoisotopic (exact) mass is 212 g/mol. The van der Waals surface area contributed by atoms with Gasteiger partial charge < -0.3 is 11.5 Å². The van der Waals surface area contributed by atoms with Crippen molar-refractivity contribution in [3.05, 3.63) is 22.4 Å². The Morgan fingerprint density at radius 1 is 1.50 bits per heavy atom. The molecule has 80 valence electrons. The molecule has 0 saturated carbocycles. The summed E-state index contributed by atoms with van der Waals surface area (Å²) in [6.07, 6.45) is 3.48. The molecule has 2 unspecified atom stereocenters. The maximum Gasteiger partial charge on any atom is 0.0121 e. The fraction of sp³-hybridized carbons (Fsp3) is 0.636.